The normalized spacial score (nSPS) is 17.8. The fourth-order valence-electron chi connectivity index (χ4n) is 3.49. The molecule has 4 rings (SSSR count). The zero-order chi connectivity index (χ0) is 16.5. The molecular formula is C18H20ClFN4. The van der Waals surface area contributed by atoms with Crippen molar-refractivity contribution in [3.05, 3.63) is 46.5 Å². The van der Waals surface area contributed by atoms with Gasteiger partial charge in [-0.25, -0.2) is 14.4 Å². The zero-order valence-electron chi connectivity index (χ0n) is 13.5. The highest BCUT2D eigenvalue weighted by atomic mass is 35.5. The zero-order valence-corrected chi connectivity index (χ0v) is 14.3. The van der Waals surface area contributed by atoms with Crippen LogP contribution >= 0.6 is 11.6 Å². The number of hydrogen-bond acceptors (Lipinski definition) is 4. The Hall–Kier alpha value is -1.88. The van der Waals surface area contributed by atoms with E-state index < -0.39 is 0 Å². The molecule has 1 saturated heterocycles. The molecule has 1 fully saturated rings. The average Bonchev–Trinajstić information content (AvgIpc) is 2.62. The Kier molecular flexibility index (Phi) is 4.27. The highest BCUT2D eigenvalue weighted by molar-refractivity contribution is 6.30. The van der Waals surface area contributed by atoms with Crippen molar-refractivity contribution in [2.45, 2.75) is 25.7 Å². The van der Waals surface area contributed by atoms with Crippen molar-refractivity contribution in [1.29, 1.82) is 0 Å². The summed E-state index contributed by atoms with van der Waals surface area (Å²) in [5.74, 6) is 0.550. The number of hydrogen-bond donors (Lipinski definition) is 0. The van der Waals surface area contributed by atoms with E-state index in [2.05, 4.69) is 14.8 Å². The van der Waals surface area contributed by atoms with Crippen molar-refractivity contribution in [2.75, 3.05) is 36.0 Å². The maximum Gasteiger partial charge on any atom is 0.227 e. The molecule has 2 heterocycles. The quantitative estimate of drug-likeness (QED) is 0.779. The van der Waals surface area contributed by atoms with Crippen LogP contribution in [0, 0.1) is 5.82 Å². The molecule has 1 aromatic heterocycles. The van der Waals surface area contributed by atoms with Crippen LogP contribution in [-0.2, 0) is 12.8 Å². The molecule has 6 heteroatoms. The van der Waals surface area contributed by atoms with Crippen LogP contribution < -0.4 is 9.80 Å². The molecule has 0 spiro atoms. The molecule has 0 saturated carbocycles. The largest absolute Gasteiger partial charge is 0.368 e. The van der Waals surface area contributed by atoms with Crippen LogP contribution in [0.1, 0.15) is 24.1 Å². The highest BCUT2D eigenvalue weighted by Gasteiger charge is 2.23. The van der Waals surface area contributed by atoms with E-state index >= 15 is 0 Å². The van der Waals surface area contributed by atoms with Gasteiger partial charge in [0, 0.05) is 37.4 Å². The summed E-state index contributed by atoms with van der Waals surface area (Å²) in [5, 5.41) is 0.621. The Bertz CT molecular complexity index is 727. The monoisotopic (exact) mass is 346 g/mol. The fraction of sp³-hybridized carbons (Fsp3) is 0.444. The third-order valence-electron chi connectivity index (χ3n) is 4.88. The first-order chi connectivity index (χ1) is 11.7. The van der Waals surface area contributed by atoms with E-state index in [1.165, 1.54) is 25.0 Å². The Morgan fingerprint density at radius 1 is 0.875 bits per heavy atom. The molecule has 1 aliphatic carbocycles. The van der Waals surface area contributed by atoms with Crippen LogP contribution in [0.25, 0.3) is 0 Å². The van der Waals surface area contributed by atoms with Gasteiger partial charge in [-0.15, -0.1) is 0 Å². The van der Waals surface area contributed by atoms with Crippen LogP contribution in [0.2, 0.25) is 5.15 Å². The third kappa shape index (κ3) is 3.05. The number of nitrogens with zero attached hydrogens (tertiary/aromatic N) is 4. The maximum absolute atomic E-state index is 13.1. The molecule has 0 unspecified atom stereocenters. The molecule has 0 radical (unpaired) electrons. The number of halogens is 2. The lowest BCUT2D eigenvalue weighted by Crippen LogP contribution is -2.47. The number of aryl methyl sites for hydroxylation is 1. The van der Waals surface area contributed by atoms with Crippen LogP contribution in [0.5, 0.6) is 0 Å². The smallest absolute Gasteiger partial charge is 0.227 e. The summed E-state index contributed by atoms with van der Waals surface area (Å²) in [6, 6.07) is 6.68. The van der Waals surface area contributed by atoms with Gasteiger partial charge in [-0.05, 0) is 49.9 Å². The Morgan fingerprint density at radius 3 is 2.29 bits per heavy atom. The van der Waals surface area contributed by atoms with Gasteiger partial charge in [0.25, 0.3) is 0 Å². The van der Waals surface area contributed by atoms with E-state index in [0.29, 0.717) is 5.15 Å². The number of rotatable bonds is 2. The Morgan fingerprint density at radius 2 is 1.54 bits per heavy atom. The van der Waals surface area contributed by atoms with Crippen molar-refractivity contribution in [3.63, 3.8) is 0 Å². The molecule has 24 heavy (non-hydrogen) atoms. The SMILES string of the molecule is Fc1ccc(N2CCN(c3nc(Cl)c4c(n3)CCCC4)CC2)cc1. The van der Waals surface area contributed by atoms with Crippen molar-refractivity contribution >= 4 is 23.2 Å². The van der Waals surface area contributed by atoms with Gasteiger partial charge in [-0.3, -0.25) is 0 Å². The van der Waals surface area contributed by atoms with Gasteiger partial charge in [0.2, 0.25) is 5.95 Å². The van der Waals surface area contributed by atoms with E-state index in [9.17, 15) is 4.39 Å². The Balaban J connectivity index is 1.48. The molecule has 0 amide bonds. The molecule has 0 atom stereocenters. The highest BCUT2D eigenvalue weighted by Crippen LogP contribution is 2.28. The molecule has 0 bridgehead atoms. The van der Waals surface area contributed by atoms with E-state index in [1.54, 1.807) is 0 Å². The lowest BCUT2D eigenvalue weighted by molar-refractivity contribution is 0.618. The fourth-order valence-corrected chi connectivity index (χ4v) is 3.77. The molecule has 2 aliphatic rings. The minimum absolute atomic E-state index is 0.200. The second-order valence-electron chi connectivity index (χ2n) is 6.40. The summed E-state index contributed by atoms with van der Waals surface area (Å²) < 4.78 is 13.1. The van der Waals surface area contributed by atoms with E-state index in [-0.39, 0.29) is 5.82 Å². The van der Waals surface area contributed by atoms with Crippen molar-refractivity contribution < 1.29 is 4.39 Å². The van der Waals surface area contributed by atoms with Gasteiger partial charge < -0.3 is 9.80 Å². The topological polar surface area (TPSA) is 32.3 Å². The van der Waals surface area contributed by atoms with Crippen LogP contribution in [0.4, 0.5) is 16.0 Å². The maximum atomic E-state index is 13.1. The average molecular weight is 347 g/mol. The van der Waals surface area contributed by atoms with Crippen molar-refractivity contribution in [3.8, 4) is 0 Å². The van der Waals surface area contributed by atoms with Gasteiger partial charge in [-0.2, -0.15) is 0 Å². The molecule has 2 aromatic rings. The molecular weight excluding hydrogens is 327 g/mol. The standard InChI is InChI=1S/C18H20ClFN4/c19-17-15-3-1-2-4-16(15)21-18(22-17)24-11-9-23(10-12-24)14-7-5-13(20)6-8-14/h5-8H,1-4,9-12H2. The summed E-state index contributed by atoms with van der Waals surface area (Å²) in [5.41, 5.74) is 3.31. The van der Waals surface area contributed by atoms with Crippen molar-refractivity contribution in [1.82, 2.24) is 9.97 Å². The molecule has 0 N–H and O–H groups in total. The second kappa shape index (κ2) is 6.55. The Labute approximate surface area is 146 Å². The minimum Gasteiger partial charge on any atom is -0.368 e. The molecule has 1 aromatic carbocycles. The van der Waals surface area contributed by atoms with E-state index in [1.807, 2.05) is 12.1 Å². The van der Waals surface area contributed by atoms with E-state index in [0.717, 1.165) is 61.9 Å². The van der Waals surface area contributed by atoms with Gasteiger partial charge in [-0.1, -0.05) is 11.6 Å². The molecule has 126 valence electrons. The number of anilines is 2. The summed E-state index contributed by atoms with van der Waals surface area (Å²) >= 11 is 6.38. The summed E-state index contributed by atoms with van der Waals surface area (Å²) in [4.78, 5) is 13.8. The van der Waals surface area contributed by atoms with Gasteiger partial charge >= 0.3 is 0 Å². The summed E-state index contributed by atoms with van der Waals surface area (Å²) in [7, 11) is 0. The second-order valence-corrected chi connectivity index (χ2v) is 6.76. The minimum atomic E-state index is -0.200. The molecule has 1 aliphatic heterocycles. The predicted molar refractivity (Wildman–Crippen MR) is 94.5 cm³/mol. The molecule has 4 nitrogen and oxygen atoms in total. The lowest BCUT2D eigenvalue weighted by atomic mass is 9.97. The van der Waals surface area contributed by atoms with Gasteiger partial charge in [0.05, 0.1) is 5.69 Å². The number of fused-ring (bicyclic) bond motifs is 1. The number of piperazine rings is 1. The van der Waals surface area contributed by atoms with Crippen LogP contribution in [0.3, 0.4) is 0 Å². The first kappa shape index (κ1) is 15.6. The number of benzene rings is 1. The summed E-state index contributed by atoms with van der Waals surface area (Å²) in [6.07, 6.45) is 4.34. The lowest BCUT2D eigenvalue weighted by Gasteiger charge is -2.36. The predicted octanol–water partition coefficient (Wildman–Crippen LogP) is 3.47. The van der Waals surface area contributed by atoms with Crippen LogP contribution in [0.15, 0.2) is 24.3 Å². The van der Waals surface area contributed by atoms with Gasteiger partial charge in [0.15, 0.2) is 0 Å². The van der Waals surface area contributed by atoms with Crippen LogP contribution in [-0.4, -0.2) is 36.1 Å². The third-order valence-corrected chi connectivity index (χ3v) is 5.19. The van der Waals surface area contributed by atoms with E-state index in [4.69, 9.17) is 16.6 Å². The van der Waals surface area contributed by atoms with Crippen molar-refractivity contribution in [2.24, 2.45) is 0 Å². The number of aromatic nitrogens is 2. The first-order valence-electron chi connectivity index (χ1n) is 8.51. The first-order valence-corrected chi connectivity index (χ1v) is 8.89. The summed E-state index contributed by atoms with van der Waals surface area (Å²) in [6.45, 7) is 3.41. The van der Waals surface area contributed by atoms with Gasteiger partial charge in [0.1, 0.15) is 11.0 Å².